The summed E-state index contributed by atoms with van der Waals surface area (Å²) < 4.78 is 0. The molecule has 1 amide bonds. The fraction of sp³-hybridized carbons (Fsp3) is 0.636. The third-order valence-electron chi connectivity index (χ3n) is 5.14. The molecule has 0 unspecified atom stereocenters. The van der Waals surface area contributed by atoms with E-state index in [1.54, 1.807) is 0 Å². The van der Waals surface area contributed by atoms with Crippen LogP contribution < -0.4 is 10.6 Å². The Labute approximate surface area is 193 Å². The minimum atomic E-state index is 0. The highest BCUT2D eigenvalue weighted by atomic mass is 127. The summed E-state index contributed by atoms with van der Waals surface area (Å²) in [6.07, 6.45) is 3.14. The van der Waals surface area contributed by atoms with Crippen LogP contribution in [-0.2, 0) is 17.9 Å². The highest BCUT2D eigenvalue weighted by Gasteiger charge is 2.11. The zero-order chi connectivity index (χ0) is 20.2. The second-order valence-corrected chi connectivity index (χ2v) is 7.24. The first-order chi connectivity index (χ1) is 13.7. The van der Waals surface area contributed by atoms with E-state index in [4.69, 9.17) is 0 Å². The predicted molar refractivity (Wildman–Crippen MR) is 132 cm³/mol. The molecule has 2 N–H and O–H groups in total. The van der Waals surface area contributed by atoms with Gasteiger partial charge in [-0.15, -0.1) is 24.0 Å². The maximum atomic E-state index is 12.1. The number of amides is 1. The third kappa shape index (κ3) is 9.33. The Balaban J connectivity index is 0.00000420. The molecule has 164 valence electrons. The number of aliphatic imine (C=N–C) groups is 1. The van der Waals surface area contributed by atoms with Crippen LogP contribution in [0.25, 0.3) is 0 Å². The standard InChI is InChI=1S/C22H37N5O.HI/c1-4-23-22(24-14-13-21(28)27(5-2)6-3)25-17-19-9-11-20(12-10-19)18-26-15-7-8-16-26;/h9-12H,4-8,13-18H2,1-3H3,(H2,23,24,25);1H. The van der Waals surface area contributed by atoms with E-state index in [1.165, 1.54) is 37.1 Å². The smallest absolute Gasteiger partial charge is 0.224 e. The summed E-state index contributed by atoms with van der Waals surface area (Å²) in [5, 5.41) is 6.52. The lowest BCUT2D eigenvalue weighted by Crippen LogP contribution is -2.40. The lowest BCUT2D eigenvalue weighted by atomic mass is 10.1. The van der Waals surface area contributed by atoms with Crippen molar-refractivity contribution in [2.75, 3.05) is 39.3 Å². The minimum absolute atomic E-state index is 0. The van der Waals surface area contributed by atoms with Crippen LogP contribution in [0.5, 0.6) is 0 Å². The van der Waals surface area contributed by atoms with Crippen LogP contribution in [0.15, 0.2) is 29.3 Å². The number of guanidine groups is 1. The number of carbonyl (C=O) groups is 1. The summed E-state index contributed by atoms with van der Waals surface area (Å²) in [6.45, 7) is 13.1. The summed E-state index contributed by atoms with van der Waals surface area (Å²) in [4.78, 5) is 21.1. The predicted octanol–water partition coefficient (Wildman–Crippen LogP) is 3.21. The quantitative estimate of drug-likeness (QED) is 0.286. The fourth-order valence-electron chi connectivity index (χ4n) is 3.48. The number of nitrogens with zero attached hydrogens (tertiary/aromatic N) is 3. The van der Waals surface area contributed by atoms with Crippen molar-refractivity contribution in [2.24, 2.45) is 4.99 Å². The van der Waals surface area contributed by atoms with E-state index >= 15 is 0 Å². The van der Waals surface area contributed by atoms with Gasteiger partial charge in [-0.1, -0.05) is 24.3 Å². The largest absolute Gasteiger partial charge is 0.357 e. The maximum absolute atomic E-state index is 12.1. The molecule has 0 spiro atoms. The van der Waals surface area contributed by atoms with Gasteiger partial charge in [0.05, 0.1) is 6.54 Å². The molecule has 0 radical (unpaired) electrons. The molecule has 1 aliphatic heterocycles. The molecule has 1 fully saturated rings. The molecule has 1 aromatic rings. The van der Waals surface area contributed by atoms with E-state index in [2.05, 4.69) is 44.8 Å². The number of nitrogens with one attached hydrogen (secondary N) is 2. The molecule has 1 aromatic carbocycles. The normalized spacial score (nSPS) is 14.4. The SMILES string of the molecule is CCNC(=NCc1ccc(CN2CCCC2)cc1)NCCC(=O)N(CC)CC.I. The number of likely N-dealkylation sites (tertiary alicyclic amines) is 1. The molecular weight excluding hydrogens is 477 g/mol. The van der Waals surface area contributed by atoms with Crippen LogP contribution >= 0.6 is 24.0 Å². The van der Waals surface area contributed by atoms with Crippen LogP contribution in [0.4, 0.5) is 0 Å². The monoisotopic (exact) mass is 515 g/mol. The number of hydrogen-bond donors (Lipinski definition) is 2. The number of halogens is 1. The Morgan fingerprint density at radius 2 is 1.66 bits per heavy atom. The van der Waals surface area contributed by atoms with Gasteiger partial charge in [-0.3, -0.25) is 9.69 Å². The highest BCUT2D eigenvalue weighted by molar-refractivity contribution is 14.0. The second-order valence-electron chi connectivity index (χ2n) is 7.24. The summed E-state index contributed by atoms with van der Waals surface area (Å²) in [6, 6.07) is 8.77. The van der Waals surface area contributed by atoms with E-state index in [0.717, 1.165) is 32.1 Å². The van der Waals surface area contributed by atoms with Crippen LogP contribution in [0.2, 0.25) is 0 Å². The third-order valence-corrected chi connectivity index (χ3v) is 5.14. The molecule has 6 nitrogen and oxygen atoms in total. The van der Waals surface area contributed by atoms with E-state index in [-0.39, 0.29) is 29.9 Å². The van der Waals surface area contributed by atoms with E-state index in [9.17, 15) is 4.79 Å². The highest BCUT2D eigenvalue weighted by Crippen LogP contribution is 2.13. The van der Waals surface area contributed by atoms with Crippen molar-refractivity contribution in [3.63, 3.8) is 0 Å². The first-order valence-corrected chi connectivity index (χ1v) is 10.8. The zero-order valence-electron chi connectivity index (χ0n) is 18.2. The zero-order valence-corrected chi connectivity index (χ0v) is 20.6. The van der Waals surface area contributed by atoms with Gasteiger partial charge in [0.1, 0.15) is 0 Å². The number of benzene rings is 1. The topological polar surface area (TPSA) is 60.0 Å². The van der Waals surface area contributed by atoms with Crippen LogP contribution in [-0.4, -0.2) is 60.9 Å². The number of hydrogen-bond acceptors (Lipinski definition) is 3. The van der Waals surface area contributed by atoms with Crippen molar-refractivity contribution in [3.05, 3.63) is 35.4 Å². The molecule has 1 aliphatic rings. The van der Waals surface area contributed by atoms with Crippen LogP contribution in [0.1, 0.15) is 51.2 Å². The van der Waals surface area contributed by atoms with Crippen molar-refractivity contribution in [2.45, 2.75) is 53.1 Å². The van der Waals surface area contributed by atoms with Gasteiger partial charge in [-0.2, -0.15) is 0 Å². The molecule has 0 aliphatic carbocycles. The lowest BCUT2D eigenvalue weighted by molar-refractivity contribution is -0.130. The van der Waals surface area contributed by atoms with Gasteiger partial charge in [-0.05, 0) is 57.8 Å². The maximum Gasteiger partial charge on any atom is 0.224 e. The summed E-state index contributed by atoms with van der Waals surface area (Å²) in [5.41, 5.74) is 2.57. The van der Waals surface area contributed by atoms with Crippen LogP contribution in [0, 0.1) is 0 Å². The second kappa shape index (κ2) is 14.6. The average molecular weight is 515 g/mol. The van der Waals surface area contributed by atoms with Crippen molar-refractivity contribution in [3.8, 4) is 0 Å². The first kappa shape index (κ1) is 25.7. The van der Waals surface area contributed by atoms with Gasteiger partial charge in [0, 0.05) is 39.1 Å². The molecular formula is C22H38IN5O. The summed E-state index contributed by atoms with van der Waals surface area (Å²) in [5.74, 6) is 0.943. The molecule has 2 rings (SSSR count). The fourth-order valence-corrected chi connectivity index (χ4v) is 3.48. The molecule has 29 heavy (non-hydrogen) atoms. The summed E-state index contributed by atoms with van der Waals surface area (Å²) in [7, 11) is 0. The summed E-state index contributed by atoms with van der Waals surface area (Å²) >= 11 is 0. The van der Waals surface area contributed by atoms with Crippen molar-refractivity contribution < 1.29 is 4.79 Å². The Morgan fingerprint density at radius 1 is 1.03 bits per heavy atom. The van der Waals surface area contributed by atoms with Gasteiger partial charge in [0.15, 0.2) is 5.96 Å². The minimum Gasteiger partial charge on any atom is -0.357 e. The van der Waals surface area contributed by atoms with Gasteiger partial charge in [0.25, 0.3) is 0 Å². The van der Waals surface area contributed by atoms with Crippen molar-refractivity contribution in [1.82, 2.24) is 20.4 Å². The molecule has 0 saturated carbocycles. The van der Waals surface area contributed by atoms with Crippen LogP contribution in [0.3, 0.4) is 0 Å². The average Bonchev–Trinajstić information content (AvgIpc) is 3.21. The Morgan fingerprint density at radius 3 is 2.24 bits per heavy atom. The Hall–Kier alpha value is -1.35. The van der Waals surface area contributed by atoms with E-state index < -0.39 is 0 Å². The first-order valence-electron chi connectivity index (χ1n) is 10.8. The van der Waals surface area contributed by atoms with Gasteiger partial charge >= 0.3 is 0 Å². The number of rotatable bonds is 10. The molecule has 0 bridgehead atoms. The molecule has 1 heterocycles. The van der Waals surface area contributed by atoms with Gasteiger partial charge in [0.2, 0.25) is 5.91 Å². The molecule has 1 saturated heterocycles. The Kier molecular flexibility index (Phi) is 12.9. The molecule has 0 aromatic heterocycles. The van der Waals surface area contributed by atoms with Gasteiger partial charge < -0.3 is 15.5 Å². The van der Waals surface area contributed by atoms with E-state index in [0.29, 0.717) is 19.5 Å². The molecule has 7 heteroatoms. The lowest BCUT2D eigenvalue weighted by Gasteiger charge is -2.19. The van der Waals surface area contributed by atoms with Crippen molar-refractivity contribution >= 4 is 35.8 Å². The van der Waals surface area contributed by atoms with Crippen molar-refractivity contribution in [1.29, 1.82) is 0 Å². The Bertz CT molecular complexity index is 610. The number of carbonyl (C=O) groups excluding carboxylic acids is 1. The van der Waals surface area contributed by atoms with Gasteiger partial charge in [-0.25, -0.2) is 4.99 Å². The van der Waals surface area contributed by atoms with E-state index in [1.807, 2.05) is 25.7 Å². The molecule has 0 atom stereocenters.